The maximum atomic E-state index is 12.1. The predicted octanol–water partition coefficient (Wildman–Crippen LogP) is 1.10. The van der Waals surface area contributed by atoms with Gasteiger partial charge in [-0.05, 0) is 25.6 Å². The number of benzene rings is 1. The van der Waals surface area contributed by atoms with E-state index < -0.39 is 0 Å². The monoisotopic (exact) mass is 262 g/mol. The predicted molar refractivity (Wildman–Crippen MR) is 75.6 cm³/mol. The largest absolute Gasteiger partial charge is 0.496 e. The molecule has 1 fully saturated rings. The van der Waals surface area contributed by atoms with E-state index in [-0.39, 0.29) is 5.78 Å². The number of hydrogen-bond acceptors (Lipinski definition) is 4. The molecule has 0 spiro atoms. The summed E-state index contributed by atoms with van der Waals surface area (Å²) in [4.78, 5) is 14.4. The Kier molecular flexibility index (Phi) is 5.36. The molecule has 104 valence electrons. The van der Waals surface area contributed by atoms with Gasteiger partial charge < -0.3 is 10.1 Å². The Morgan fingerprint density at radius 2 is 2.16 bits per heavy atom. The second-order valence-corrected chi connectivity index (χ2v) is 4.91. The lowest BCUT2D eigenvalue weighted by Crippen LogP contribution is -2.33. The van der Waals surface area contributed by atoms with Crippen LogP contribution in [0.25, 0.3) is 0 Å². The zero-order valence-corrected chi connectivity index (χ0v) is 11.5. The molecule has 1 N–H and O–H groups in total. The third-order valence-corrected chi connectivity index (χ3v) is 3.41. The van der Waals surface area contributed by atoms with Crippen LogP contribution in [-0.4, -0.2) is 50.5 Å². The van der Waals surface area contributed by atoms with Gasteiger partial charge >= 0.3 is 0 Å². The van der Waals surface area contributed by atoms with Crippen LogP contribution in [0.1, 0.15) is 12.0 Å². The van der Waals surface area contributed by atoms with Crippen LogP contribution in [0.3, 0.4) is 0 Å². The Balaban J connectivity index is 1.89. The molecule has 19 heavy (non-hydrogen) atoms. The van der Waals surface area contributed by atoms with E-state index in [0.717, 1.165) is 43.9 Å². The highest BCUT2D eigenvalue weighted by Crippen LogP contribution is 2.18. The lowest BCUT2D eigenvalue weighted by atomic mass is 10.1. The number of nitrogens with one attached hydrogen (secondary N) is 1. The van der Waals surface area contributed by atoms with Gasteiger partial charge in [-0.25, -0.2) is 0 Å². The van der Waals surface area contributed by atoms with E-state index in [4.69, 9.17) is 4.74 Å². The van der Waals surface area contributed by atoms with Gasteiger partial charge in [0.2, 0.25) is 0 Å². The van der Waals surface area contributed by atoms with Gasteiger partial charge in [-0.15, -0.1) is 0 Å². The van der Waals surface area contributed by atoms with Crippen molar-refractivity contribution in [2.45, 2.75) is 12.8 Å². The molecule has 0 aromatic heterocycles. The zero-order chi connectivity index (χ0) is 13.5. The average molecular weight is 262 g/mol. The second-order valence-electron chi connectivity index (χ2n) is 4.91. The van der Waals surface area contributed by atoms with Gasteiger partial charge in [-0.2, -0.15) is 0 Å². The summed E-state index contributed by atoms with van der Waals surface area (Å²) < 4.78 is 5.28. The number of nitrogens with zero attached hydrogens (tertiary/aromatic N) is 1. The van der Waals surface area contributed by atoms with Crippen molar-refractivity contribution in [3.63, 3.8) is 0 Å². The molecule has 0 radical (unpaired) electrons. The lowest BCUT2D eigenvalue weighted by molar-refractivity contribution is -0.119. The highest BCUT2D eigenvalue weighted by atomic mass is 16.5. The Morgan fingerprint density at radius 1 is 1.32 bits per heavy atom. The summed E-state index contributed by atoms with van der Waals surface area (Å²) in [5, 5.41) is 3.35. The van der Waals surface area contributed by atoms with Gasteiger partial charge in [-0.3, -0.25) is 9.69 Å². The lowest BCUT2D eigenvalue weighted by Gasteiger charge is -2.18. The van der Waals surface area contributed by atoms with E-state index in [1.807, 2.05) is 24.3 Å². The first kappa shape index (κ1) is 14.0. The van der Waals surface area contributed by atoms with Crippen molar-refractivity contribution in [1.29, 1.82) is 0 Å². The zero-order valence-electron chi connectivity index (χ0n) is 11.5. The molecule has 1 heterocycles. The Morgan fingerprint density at radius 3 is 3.00 bits per heavy atom. The minimum absolute atomic E-state index is 0.256. The van der Waals surface area contributed by atoms with E-state index in [0.29, 0.717) is 13.0 Å². The maximum absolute atomic E-state index is 12.1. The van der Waals surface area contributed by atoms with Crippen LogP contribution in [0.4, 0.5) is 0 Å². The van der Waals surface area contributed by atoms with Crippen molar-refractivity contribution in [2.24, 2.45) is 0 Å². The van der Waals surface area contributed by atoms with E-state index in [2.05, 4.69) is 10.2 Å². The second kappa shape index (κ2) is 7.26. The Hall–Kier alpha value is -1.39. The first-order valence-electron chi connectivity index (χ1n) is 6.86. The summed E-state index contributed by atoms with van der Waals surface area (Å²) in [6.45, 7) is 4.53. The molecule has 0 unspecified atom stereocenters. The van der Waals surface area contributed by atoms with Gasteiger partial charge in [0.05, 0.1) is 13.7 Å². The topological polar surface area (TPSA) is 41.6 Å². The first-order chi connectivity index (χ1) is 9.29. The molecule has 1 aliphatic heterocycles. The van der Waals surface area contributed by atoms with Crippen molar-refractivity contribution in [2.75, 3.05) is 39.8 Å². The molecule has 0 atom stereocenters. The molecular weight excluding hydrogens is 240 g/mol. The van der Waals surface area contributed by atoms with E-state index in [1.165, 1.54) is 0 Å². The fourth-order valence-electron chi connectivity index (χ4n) is 2.43. The van der Waals surface area contributed by atoms with Gasteiger partial charge in [-0.1, -0.05) is 18.2 Å². The summed E-state index contributed by atoms with van der Waals surface area (Å²) in [5.74, 6) is 1.06. The van der Waals surface area contributed by atoms with Crippen LogP contribution in [0.2, 0.25) is 0 Å². The third kappa shape index (κ3) is 4.33. The number of ether oxygens (including phenoxy) is 1. The summed E-state index contributed by atoms with van der Waals surface area (Å²) in [7, 11) is 1.64. The minimum atomic E-state index is 0.256. The molecule has 2 rings (SSSR count). The van der Waals surface area contributed by atoms with Gasteiger partial charge in [0.1, 0.15) is 5.75 Å². The summed E-state index contributed by atoms with van der Waals surface area (Å²) in [5.41, 5.74) is 0.975. The Bertz CT molecular complexity index is 412. The van der Waals surface area contributed by atoms with Crippen LogP contribution in [0.5, 0.6) is 5.75 Å². The van der Waals surface area contributed by atoms with E-state index >= 15 is 0 Å². The van der Waals surface area contributed by atoms with Gasteiger partial charge in [0.15, 0.2) is 5.78 Å². The van der Waals surface area contributed by atoms with Crippen LogP contribution in [0.15, 0.2) is 24.3 Å². The quantitative estimate of drug-likeness (QED) is 0.863. The molecule has 4 nitrogen and oxygen atoms in total. The number of Topliss-reactive ketones (excluding diaryl/α,β-unsaturated/α-hetero) is 1. The summed E-state index contributed by atoms with van der Waals surface area (Å²) in [6, 6.07) is 7.73. The van der Waals surface area contributed by atoms with Gasteiger partial charge in [0, 0.05) is 25.1 Å². The number of hydrogen-bond donors (Lipinski definition) is 1. The minimum Gasteiger partial charge on any atom is -0.496 e. The molecule has 0 amide bonds. The molecule has 1 aromatic rings. The normalized spacial score (nSPS) is 16.9. The fraction of sp³-hybridized carbons (Fsp3) is 0.533. The Labute approximate surface area is 114 Å². The van der Waals surface area contributed by atoms with E-state index in [1.54, 1.807) is 7.11 Å². The molecule has 0 aliphatic carbocycles. The van der Waals surface area contributed by atoms with Crippen molar-refractivity contribution in [3.05, 3.63) is 29.8 Å². The van der Waals surface area contributed by atoms with Crippen LogP contribution >= 0.6 is 0 Å². The summed E-state index contributed by atoms with van der Waals surface area (Å²) >= 11 is 0. The van der Waals surface area contributed by atoms with Crippen LogP contribution in [-0.2, 0) is 11.2 Å². The third-order valence-electron chi connectivity index (χ3n) is 3.41. The van der Waals surface area contributed by atoms with Crippen LogP contribution < -0.4 is 10.1 Å². The van der Waals surface area contributed by atoms with Crippen molar-refractivity contribution < 1.29 is 9.53 Å². The maximum Gasteiger partial charge on any atom is 0.151 e. The van der Waals surface area contributed by atoms with Gasteiger partial charge in [0.25, 0.3) is 0 Å². The van der Waals surface area contributed by atoms with Crippen molar-refractivity contribution in [1.82, 2.24) is 10.2 Å². The SMILES string of the molecule is COc1ccccc1CC(=O)CN1CCCNCC1. The molecule has 0 bridgehead atoms. The fourth-order valence-corrected chi connectivity index (χ4v) is 2.43. The standard InChI is InChI=1S/C15H22N2O2/c1-19-15-6-3-2-5-13(15)11-14(18)12-17-9-4-7-16-8-10-17/h2-3,5-6,16H,4,7-12H2,1H3. The molecule has 4 heteroatoms. The molecule has 1 aliphatic rings. The number of carbonyl (C=O) groups is 1. The smallest absolute Gasteiger partial charge is 0.151 e. The van der Waals surface area contributed by atoms with E-state index in [9.17, 15) is 4.79 Å². The number of para-hydroxylation sites is 1. The number of rotatable bonds is 5. The number of methoxy groups -OCH3 is 1. The highest BCUT2D eigenvalue weighted by molar-refractivity contribution is 5.83. The van der Waals surface area contributed by atoms with Crippen LogP contribution in [0, 0.1) is 0 Å². The molecule has 1 aromatic carbocycles. The van der Waals surface area contributed by atoms with Crippen molar-refractivity contribution >= 4 is 5.78 Å². The number of ketones is 1. The molecule has 1 saturated heterocycles. The average Bonchev–Trinajstić information content (AvgIpc) is 2.68. The highest BCUT2D eigenvalue weighted by Gasteiger charge is 2.14. The number of carbonyl (C=O) groups excluding carboxylic acids is 1. The first-order valence-corrected chi connectivity index (χ1v) is 6.86. The summed E-state index contributed by atoms with van der Waals surface area (Å²) in [6.07, 6.45) is 1.57. The molecule has 0 saturated carbocycles. The molecular formula is C15H22N2O2. The van der Waals surface area contributed by atoms with Crippen molar-refractivity contribution in [3.8, 4) is 5.75 Å².